The second-order valence-corrected chi connectivity index (χ2v) is 4.99. The molecule has 1 nitrogen and oxygen atoms in total. The molecule has 1 aromatic heterocycles. The molecule has 1 aromatic carbocycles. The fraction of sp³-hybridized carbons (Fsp3) is 0.167. The van der Waals surface area contributed by atoms with E-state index in [1.807, 2.05) is 0 Å². The van der Waals surface area contributed by atoms with Gasteiger partial charge >= 0.3 is 0 Å². The van der Waals surface area contributed by atoms with E-state index in [-0.39, 0.29) is 11.1 Å². The number of benzene rings is 1. The highest BCUT2D eigenvalue weighted by molar-refractivity contribution is 7.10. The predicted octanol–water partition coefficient (Wildman–Crippen LogP) is 4.07. The first-order valence-corrected chi connectivity index (χ1v) is 6.13. The van der Waals surface area contributed by atoms with Crippen molar-refractivity contribution in [2.45, 2.75) is 13.0 Å². The molecule has 0 radical (unpaired) electrons. The second kappa shape index (κ2) is 4.72. The van der Waals surface area contributed by atoms with Crippen molar-refractivity contribution in [1.82, 2.24) is 0 Å². The van der Waals surface area contributed by atoms with E-state index in [0.29, 0.717) is 9.90 Å². The Balaban J connectivity index is 2.48. The third kappa shape index (κ3) is 2.20. The van der Waals surface area contributed by atoms with Gasteiger partial charge in [0.15, 0.2) is 11.6 Å². The number of hydrogen-bond acceptors (Lipinski definition) is 2. The fourth-order valence-electron chi connectivity index (χ4n) is 1.51. The number of aryl methyl sites for hydroxylation is 1. The average molecular weight is 275 g/mol. The van der Waals surface area contributed by atoms with Crippen molar-refractivity contribution >= 4 is 22.9 Å². The van der Waals surface area contributed by atoms with Crippen LogP contribution in [0, 0.1) is 18.6 Å². The lowest BCUT2D eigenvalue weighted by Crippen LogP contribution is -2.04. The zero-order chi connectivity index (χ0) is 12.6. The van der Waals surface area contributed by atoms with E-state index < -0.39 is 17.7 Å². The molecule has 0 bridgehead atoms. The Kier molecular flexibility index (Phi) is 3.47. The van der Waals surface area contributed by atoms with Crippen LogP contribution in [0.2, 0.25) is 5.02 Å². The van der Waals surface area contributed by atoms with Crippen LogP contribution >= 0.6 is 22.9 Å². The smallest absolute Gasteiger partial charge is 0.165 e. The van der Waals surface area contributed by atoms with Crippen molar-refractivity contribution in [2.75, 3.05) is 0 Å². The van der Waals surface area contributed by atoms with Gasteiger partial charge in [-0.15, -0.1) is 11.3 Å². The molecule has 0 saturated carbocycles. The zero-order valence-electron chi connectivity index (χ0n) is 8.88. The number of halogens is 3. The Labute approximate surface area is 106 Å². The lowest BCUT2D eigenvalue weighted by molar-refractivity contribution is 0.217. The van der Waals surface area contributed by atoms with Crippen LogP contribution in [0.5, 0.6) is 0 Å². The van der Waals surface area contributed by atoms with Gasteiger partial charge in [0, 0.05) is 5.56 Å². The summed E-state index contributed by atoms with van der Waals surface area (Å²) in [4.78, 5) is 0.411. The van der Waals surface area contributed by atoms with Gasteiger partial charge in [-0.3, -0.25) is 0 Å². The van der Waals surface area contributed by atoms with Crippen molar-refractivity contribution in [3.63, 3.8) is 0 Å². The molecular weight excluding hydrogens is 266 g/mol. The summed E-state index contributed by atoms with van der Waals surface area (Å²) in [5.41, 5.74) is 0.105. The SMILES string of the molecule is Cc1ccc(C(O)c2sccc2Cl)c(F)c1F. The van der Waals surface area contributed by atoms with E-state index in [1.54, 1.807) is 11.4 Å². The minimum Gasteiger partial charge on any atom is -0.383 e. The number of hydrogen-bond donors (Lipinski definition) is 1. The number of aliphatic hydroxyl groups excluding tert-OH is 1. The van der Waals surface area contributed by atoms with Gasteiger partial charge in [0.25, 0.3) is 0 Å². The van der Waals surface area contributed by atoms with Crippen LogP contribution in [-0.4, -0.2) is 5.11 Å². The van der Waals surface area contributed by atoms with Gasteiger partial charge in [0.2, 0.25) is 0 Å². The zero-order valence-corrected chi connectivity index (χ0v) is 10.4. The fourth-order valence-corrected chi connectivity index (χ4v) is 2.68. The van der Waals surface area contributed by atoms with Crippen molar-refractivity contribution in [3.8, 4) is 0 Å². The minimum absolute atomic E-state index is 0.0996. The van der Waals surface area contributed by atoms with Crippen LogP contribution in [0.15, 0.2) is 23.6 Å². The van der Waals surface area contributed by atoms with Gasteiger partial charge in [-0.25, -0.2) is 8.78 Å². The first-order chi connectivity index (χ1) is 8.02. The van der Waals surface area contributed by atoms with E-state index in [9.17, 15) is 13.9 Å². The largest absolute Gasteiger partial charge is 0.383 e. The molecule has 0 aliphatic rings. The summed E-state index contributed by atoms with van der Waals surface area (Å²) in [6.07, 6.45) is -1.24. The molecule has 1 atom stereocenters. The monoisotopic (exact) mass is 274 g/mol. The van der Waals surface area contributed by atoms with Crippen LogP contribution in [0.4, 0.5) is 8.78 Å². The summed E-state index contributed by atoms with van der Waals surface area (Å²) < 4.78 is 27.0. The molecule has 0 fully saturated rings. The van der Waals surface area contributed by atoms with Gasteiger partial charge in [-0.2, -0.15) is 0 Å². The predicted molar refractivity (Wildman–Crippen MR) is 64.5 cm³/mol. The van der Waals surface area contributed by atoms with E-state index in [2.05, 4.69) is 0 Å². The Morgan fingerprint density at radius 2 is 1.94 bits per heavy atom. The summed E-state index contributed by atoms with van der Waals surface area (Å²) in [5, 5.41) is 12.0. The van der Waals surface area contributed by atoms with Crippen LogP contribution in [-0.2, 0) is 0 Å². The van der Waals surface area contributed by atoms with E-state index in [0.717, 1.165) is 0 Å². The molecule has 0 spiro atoms. The number of rotatable bonds is 2. The maximum absolute atomic E-state index is 13.7. The highest BCUT2D eigenvalue weighted by Crippen LogP contribution is 2.34. The maximum atomic E-state index is 13.7. The van der Waals surface area contributed by atoms with Crippen LogP contribution in [0.1, 0.15) is 22.1 Å². The molecule has 0 aliphatic heterocycles. The van der Waals surface area contributed by atoms with Crippen molar-refractivity contribution < 1.29 is 13.9 Å². The molecule has 0 aliphatic carbocycles. The second-order valence-electron chi connectivity index (χ2n) is 3.63. The van der Waals surface area contributed by atoms with Gasteiger partial charge in [-0.05, 0) is 23.9 Å². The maximum Gasteiger partial charge on any atom is 0.165 e. The molecule has 90 valence electrons. The summed E-state index contributed by atoms with van der Waals surface area (Å²) in [6, 6.07) is 4.40. The molecule has 0 saturated heterocycles. The van der Waals surface area contributed by atoms with E-state index >= 15 is 0 Å². The lowest BCUT2D eigenvalue weighted by Gasteiger charge is -2.12. The Morgan fingerprint density at radius 3 is 2.53 bits per heavy atom. The molecule has 2 rings (SSSR count). The summed E-state index contributed by atoms with van der Waals surface area (Å²) in [5.74, 6) is -1.96. The molecule has 1 N–H and O–H groups in total. The molecule has 2 aromatic rings. The molecule has 17 heavy (non-hydrogen) atoms. The van der Waals surface area contributed by atoms with Crippen molar-refractivity contribution in [2.24, 2.45) is 0 Å². The molecule has 5 heteroatoms. The first-order valence-electron chi connectivity index (χ1n) is 4.88. The topological polar surface area (TPSA) is 20.2 Å². The van der Waals surface area contributed by atoms with Crippen LogP contribution in [0.3, 0.4) is 0 Å². The lowest BCUT2D eigenvalue weighted by atomic mass is 10.0. The Hall–Kier alpha value is -0.970. The van der Waals surface area contributed by atoms with Crippen molar-refractivity contribution in [3.05, 3.63) is 56.2 Å². The third-order valence-electron chi connectivity index (χ3n) is 2.49. The Morgan fingerprint density at radius 1 is 1.24 bits per heavy atom. The van der Waals surface area contributed by atoms with Crippen LogP contribution in [0.25, 0.3) is 0 Å². The third-order valence-corrected chi connectivity index (χ3v) is 3.90. The minimum atomic E-state index is -1.24. The van der Waals surface area contributed by atoms with Gasteiger partial charge in [-0.1, -0.05) is 23.7 Å². The molecule has 0 amide bonds. The Bertz CT molecular complexity index is 553. The van der Waals surface area contributed by atoms with Crippen molar-refractivity contribution in [1.29, 1.82) is 0 Å². The summed E-state index contributed by atoms with van der Waals surface area (Å²) in [7, 11) is 0. The number of thiophene rings is 1. The first kappa shape index (κ1) is 12.5. The van der Waals surface area contributed by atoms with E-state index in [4.69, 9.17) is 11.6 Å². The van der Waals surface area contributed by atoms with Crippen LogP contribution < -0.4 is 0 Å². The quantitative estimate of drug-likeness (QED) is 0.875. The number of aliphatic hydroxyl groups is 1. The molecule has 1 heterocycles. The van der Waals surface area contributed by atoms with Gasteiger partial charge in [0.05, 0.1) is 9.90 Å². The normalized spacial score (nSPS) is 12.8. The molecular formula is C12H9ClF2OS. The molecule has 1 unspecified atom stereocenters. The van der Waals surface area contributed by atoms with Gasteiger partial charge < -0.3 is 5.11 Å². The highest BCUT2D eigenvalue weighted by Gasteiger charge is 2.21. The average Bonchev–Trinajstić information content (AvgIpc) is 2.72. The summed E-state index contributed by atoms with van der Waals surface area (Å²) >= 11 is 7.04. The standard InChI is InChI=1S/C12H9ClF2OS/c1-6-2-3-7(10(15)9(6)14)11(16)12-8(13)4-5-17-12/h2-5,11,16H,1H3. The summed E-state index contributed by atoms with van der Waals surface area (Å²) in [6.45, 7) is 1.46. The van der Waals surface area contributed by atoms with E-state index in [1.165, 1.54) is 30.4 Å². The highest BCUT2D eigenvalue weighted by atomic mass is 35.5. The van der Waals surface area contributed by atoms with Gasteiger partial charge in [0.1, 0.15) is 6.10 Å².